The van der Waals surface area contributed by atoms with Crippen LogP contribution in [-0.2, 0) is 0 Å². The largest absolute Gasteiger partial charge is 0.352 e. The van der Waals surface area contributed by atoms with Gasteiger partial charge in [0.15, 0.2) is 0 Å². The zero-order chi connectivity index (χ0) is 17.7. The van der Waals surface area contributed by atoms with Crippen molar-refractivity contribution >= 4 is 17.5 Å². The third-order valence-corrected chi connectivity index (χ3v) is 3.78. The fraction of sp³-hybridized carbons (Fsp3) is 0.300. The highest BCUT2D eigenvalue weighted by atomic mass is 16.2. The van der Waals surface area contributed by atoms with Crippen molar-refractivity contribution < 1.29 is 9.59 Å². The van der Waals surface area contributed by atoms with Gasteiger partial charge in [0.25, 0.3) is 11.8 Å². The van der Waals surface area contributed by atoms with Crippen LogP contribution in [0, 0.1) is 19.8 Å². The van der Waals surface area contributed by atoms with Crippen LogP contribution >= 0.6 is 0 Å². The number of para-hydroxylation sites is 1. The highest BCUT2D eigenvalue weighted by Gasteiger charge is 2.12. The Morgan fingerprint density at radius 2 is 1.46 bits per heavy atom. The van der Waals surface area contributed by atoms with Crippen LogP contribution in [0.15, 0.2) is 42.5 Å². The van der Waals surface area contributed by atoms with Crippen LogP contribution in [0.2, 0.25) is 0 Å². The number of benzene rings is 2. The highest BCUT2D eigenvalue weighted by Crippen LogP contribution is 2.20. The molecule has 0 aromatic heterocycles. The molecule has 4 heteroatoms. The molecular weight excluding hydrogens is 300 g/mol. The molecule has 0 radical (unpaired) electrons. The minimum Gasteiger partial charge on any atom is -0.352 e. The van der Waals surface area contributed by atoms with E-state index in [1.54, 1.807) is 24.3 Å². The van der Waals surface area contributed by atoms with E-state index in [1.165, 1.54) is 0 Å². The van der Waals surface area contributed by atoms with Crippen LogP contribution < -0.4 is 10.6 Å². The first-order valence-electron chi connectivity index (χ1n) is 8.14. The molecule has 2 N–H and O–H groups in total. The molecular formula is C20H24N2O2. The number of anilines is 1. The van der Waals surface area contributed by atoms with E-state index in [1.807, 2.05) is 45.9 Å². The van der Waals surface area contributed by atoms with Gasteiger partial charge in [0, 0.05) is 23.4 Å². The highest BCUT2D eigenvalue weighted by molar-refractivity contribution is 6.06. The maximum Gasteiger partial charge on any atom is 0.255 e. The Morgan fingerprint density at radius 3 is 2.04 bits per heavy atom. The molecule has 24 heavy (non-hydrogen) atoms. The molecule has 2 aromatic carbocycles. The summed E-state index contributed by atoms with van der Waals surface area (Å²) in [6.45, 7) is 8.60. The first-order valence-corrected chi connectivity index (χ1v) is 8.14. The first-order chi connectivity index (χ1) is 11.4. The first kappa shape index (κ1) is 17.7. The van der Waals surface area contributed by atoms with Gasteiger partial charge in [-0.1, -0.05) is 38.1 Å². The normalized spacial score (nSPS) is 10.5. The van der Waals surface area contributed by atoms with Crippen molar-refractivity contribution in [2.45, 2.75) is 27.7 Å². The van der Waals surface area contributed by atoms with Crippen molar-refractivity contribution in [3.8, 4) is 0 Å². The number of rotatable bonds is 5. The molecule has 0 heterocycles. The van der Waals surface area contributed by atoms with E-state index in [-0.39, 0.29) is 11.8 Å². The number of aryl methyl sites for hydroxylation is 2. The van der Waals surface area contributed by atoms with Gasteiger partial charge in [-0.15, -0.1) is 0 Å². The van der Waals surface area contributed by atoms with Crippen LogP contribution in [0.3, 0.4) is 0 Å². The van der Waals surface area contributed by atoms with Crippen LogP contribution in [0.4, 0.5) is 5.69 Å². The molecule has 0 aliphatic heterocycles. The number of carbonyl (C=O) groups is 2. The molecule has 2 amide bonds. The molecule has 0 spiro atoms. The number of carbonyl (C=O) groups excluding carboxylic acids is 2. The lowest BCUT2D eigenvalue weighted by Crippen LogP contribution is -2.27. The molecule has 0 atom stereocenters. The van der Waals surface area contributed by atoms with Gasteiger partial charge in [-0.05, 0) is 49.1 Å². The Hall–Kier alpha value is -2.62. The lowest BCUT2D eigenvalue weighted by atomic mass is 10.1. The summed E-state index contributed by atoms with van der Waals surface area (Å²) in [5.41, 5.74) is 3.79. The Kier molecular flexibility index (Phi) is 5.74. The number of nitrogens with one attached hydrogen (secondary N) is 2. The second-order valence-corrected chi connectivity index (χ2v) is 6.41. The molecule has 0 aliphatic carbocycles. The minimum atomic E-state index is -0.217. The molecule has 0 saturated heterocycles. The maximum atomic E-state index is 12.5. The minimum absolute atomic E-state index is 0.162. The third kappa shape index (κ3) is 4.44. The molecule has 0 saturated carbocycles. The zero-order valence-electron chi connectivity index (χ0n) is 14.6. The summed E-state index contributed by atoms with van der Waals surface area (Å²) >= 11 is 0. The summed E-state index contributed by atoms with van der Waals surface area (Å²) in [4.78, 5) is 24.7. The van der Waals surface area contributed by atoms with Gasteiger partial charge >= 0.3 is 0 Å². The molecule has 126 valence electrons. The monoisotopic (exact) mass is 324 g/mol. The number of hydrogen-bond donors (Lipinski definition) is 2. The predicted molar refractivity (Wildman–Crippen MR) is 97.5 cm³/mol. The van der Waals surface area contributed by atoms with Crippen molar-refractivity contribution in [1.82, 2.24) is 5.32 Å². The summed E-state index contributed by atoms with van der Waals surface area (Å²) in [5.74, 6) is 0.000735. The van der Waals surface area contributed by atoms with Gasteiger partial charge < -0.3 is 10.6 Å². The molecule has 0 bridgehead atoms. The molecule has 2 aromatic rings. The van der Waals surface area contributed by atoms with E-state index in [4.69, 9.17) is 0 Å². The topological polar surface area (TPSA) is 58.2 Å². The third-order valence-electron chi connectivity index (χ3n) is 3.78. The Labute approximate surface area is 143 Å². The SMILES string of the molecule is Cc1cccc(C)c1NC(=O)c1cccc(C(=O)NCC(C)C)c1. The van der Waals surface area contributed by atoms with Crippen LogP contribution in [-0.4, -0.2) is 18.4 Å². The lowest BCUT2D eigenvalue weighted by molar-refractivity contribution is 0.0949. The van der Waals surface area contributed by atoms with Crippen LogP contribution in [0.25, 0.3) is 0 Å². The van der Waals surface area contributed by atoms with E-state index >= 15 is 0 Å². The summed E-state index contributed by atoms with van der Waals surface area (Å²) in [6, 6.07) is 12.6. The van der Waals surface area contributed by atoms with Crippen molar-refractivity contribution in [2.24, 2.45) is 5.92 Å². The zero-order valence-corrected chi connectivity index (χ0v) is 14.6. The lowest BCUT2D eigenvalue weighted by Gasteiger charge is -2.12. The second kappa shape index (κ2) is 7.77. The van der Waals surface area contributed by atoms with Gasteiger partial charge in [0.1, 0.15) is 0 Å². The average molecular weight is 324 g/mol. The molecule has 2 rings (SSSR count). The molecule has 0 fully saturated rings. The summed E-state index contributed by atoms with van der Waals surface area (Å²) in [7, 11) is 0. The van der Waals surface area contributed by atoms with Gasteiger partial charge in [0.2, 0.25) is 0 Å². The summed E-state index contributed by atoms with van der Waals surface area (Å²) < 4.78 is 0. The number of amides is 2. The van der Waals surface area contributed by atoms with E-state index in [0.717, 1.165) is 16.8 Å². The number of hydrogen-bond acceptors (Lipinski definition) is 2. The van der Waals surface area contributed by atoms with Crippen molar-refractivity contribution in [3.05, 3.63) is 64.7 Å². The van der Waals surface area contributed by atoms with E-state index in [2.05, 4.69) is 10.6 Å². The molecule has 4 nitrogen and oxygen atoms in total. The van der Waals surface area contributed by atoms with Gasteiger partial charge in [-0.25, -0.2) is 0 Å². The van der Waals surface area contributed by atoms with Crippen LogP contribution in [0.5, 0.6) is 0 Å². The van der Waals surface area contributed by atoms with E-state index in [0.29, 0.717) is 23.6 Å². The standard InChI is InChI=1S/C20H24N2O2/c1-13(2)12-21-19(23)16-9-6-10-17(11-16)20(24)22-18-14(3)7-5-8-15(18)4/h5-11,13H,12H2,1-4H3,(H,21,23)(H,22,24). The predicted octanol–water partition coefficient (Wildman–Crippen LogP) is 3.94. The van der Waals surface area contributed by atoms with Crippen LogP contribution in [0.1, 0.15) is 45.7 Å². The van der Waals surface area contributed by atoms with Crippen molar-refractivity contribution in [1.29, 1.82) is 0 Å². The Bertz CT molecular complexity index is 731. The van der Waals surface area contributed by atoms with E-state index in [9.17, 15) is 9.59 Å². The van der Waals surface area contributed by atoms with Gasteiger partial charge in [-0.3, -0.25) is 9.59 Å². The smallest absolute Gasteiger partial charge is 0.255 e. The maximum absolute atomic E-state index is 12.5. The van der Waals surface area contributed by atoms with Gasteiger partial charge in [-0.2, -0.15) is 0 Å². The fourth-order valence-corrected chi connectivity index (χ4v) is 2.40. The van der Waals surface area contributed by atoms with E-state index < -0.39 is 0 Å². The molecule has 0 unspecified atom stereocenters. The second-order valence-electron chi connectivity index (χ2n) is 6.41. The Morgan fingerprint density at radius 1 is 0.917 bits per heavy atom. The average Bonchev–Trinajstić information content (AvgIpc) is 2.56. The summed E-state index contributed by atoms with van der Waals surface area (Å²) in [5, 5.41) is 5.80. The Balaban J connectivity index is 2.16. The van der Waals surface area contributed by atoms with Crippen molar-refractivity contribution in [3.63, 3.8) is 0 Å². The molecule has 0 aliphatic rings. The van der Waals surface area contributed by atoms with Gasteiger partial charge in [0.05, 0.1) is 0 Å². The van der Waals surface area contributed by atoms with Crippen molar-refractivity contribution in [2.75, 3.05) is 11.9 Å². The quantitative estimate of drug-likeness (QED) is 0.875. The fourth-order valence-electron chi connectivity index (χ4n) is 2.40. The summed E-state index contributed by atoms with van der Waals surface area (Å²) in [6.07, 6.45) is 0.